The van der Waals surface area contributed by atoms with Gasteiger partial charge in [-0.1, -0.05) is 18.2 Å². The van der Waals surface area contributed by atoms with E-state index in [2.05, 4.69) is 15.5 Å². The Bertz CT molecular complexity index is 528. The first-order valence-electron chi connectivity index (χ1n) is 5.44. The van der Waals surface area contributed by atoms with Crippen LogP contribution in [0, 0.1) is 0 Å². The minimum Gasteiger partial charge on any atom is -0.493 e. The Kier molecular flexibility index (Phi) is 2.68. The van der Waals surface area contributed by atoms with Crippen molar-refractivity contribution in [2.24, 2.45) is 0 Å². The number of halogens is 1. The molecule has 0 saturated carbocycles. The average Bonchev–Trinajstić information content (AvgIpc) is 2.86. The molecule has 1 aromatic heterocycles. The highest BCUT2D eigenvalue weighted by molar-refractivity contribution is 6.16. The summed E-state index contributed by atoms with van der Waals surface area (Å²) >= 11 is 5.83. The molecule has 0 amide bonds. The molecule has 88 valence electrons. The lowest BCUT2D eigenvalue weighted by atomic mass is 10.0. The van der Waals surface area contributed by atoms with Crippen LogP contribution in [0.25, 0.3) is 0 Å². The summed E-state index contributed by atoms with van der Waals surface area (Å²) in [6.45, 7) is 0.670. The van der Waals surface area contributed by atoms with Crippen LogP contribution in [-0.2, 0) is 5.88 Å². The second-order valence-electron chi connectivity index (χ2n) is 3.86. The third-order valence-electron chi connectivity index (χ3n) is 2.90. The van der Waals surface area contributed by atoms with E-state index in [1.165, 1.54) is 0 Å². The Balaban J connectivity index is 2.06. The summed E-state index contributed by atoms with van der Waals surface area (Å²) < 4.78 is 7.40. The van der Waals surface area contributed by atoms with Crippen LogP contribution in [0.2, 0.25) is 0 Å². The van der Waals surface area contributed by atoms with Gasteiger partial charge in [0.25, 0.3) is 0 Å². The molecule has 0 spiro atoms. The molecule has 5 nitrogen and oxygen atoms in total. The Morgan fingerprint density at radius 1 is 1.41 bits per heavy atom. The molecule has 1 aliphatic heterocycles. The summed E-state index contributed by atoms with van der Waals surface area (Å²) in [5.74, 6) is 1.90. The zero-order chi connectivity index (χ0) is 11.7. The van der Waals surface area contributed by atoms with E-state index in [9.17, 15) is 0 Å². The van der Waals surface area contributed by atoms with Crippen LogP contribution in [0.4, 0.5) is 0 Å². The highest BCUT2D eigenvalue weighted by atomic mass is 35.5. The van der Waals surface area contributed by atoms with E-state index in [4.69, 9.17) is 16.3 Å². The number of hydrogen-bond acceptors (Lipinski definition) is 4. The summed E-state index contributed by atoms with van der Waals surface area (Å²) in [4.78, 5) is 0. The van der Waals surface area contributed by atoms with Crippen molar-refractivity contribution in [3.05, 3.63) is 35.7 Å². The maximum atomic E-state index is 5.83. The topological polar surface area (TPSA) is 52.8 Å². The smallest absolute Gasteiger partial charge is 0.166 e. The van der Waals surface area contributed by atoms with E-state index in [1.807, 2.05) is 24.3 Å². The summed E-state index contributed by atoms with van der Waals surface area (Å²) in [6, 6.07) is 8.07. The number of benzene rings is 1. The van der Waals surface area contributed by atoms with Gasteiger partial charge in [-0.3, -0.25) is 0 Å². The van der Waals surface area contributed by atoms with Crippen LogP contribution in [0.5, 0.6) is 5.75 Å². The maximum Gasteiger partial charge on any atom is 0.166 e. The van der Waals surface area contributed by atoms with Crippen molar-refractivity contribution in [1.29, 1.82) is 0 Å². The molecule has 3 rings (SSSR count). The standard InChI is InChI=1S/C11H11ClN4O/c12-7-11-13-14-15-16(11)9-5-6-17-10-4-2-1-3-8(9)10/h1-4,9H,5-7H2. The van der Waals surface area contributed by atoms with E-state index in [0.29, 0.717) is 18.3 Å². The predicted molar refractivity (Wildman–Crippen MR) is 62.1 cm³/mol. The molecule has 0 aliphatic carbocycles. The van der Waals surface area contributed by atoms with Crippen LogP contribution in [0.1, 0.15) is 23.9 Å². The molecular formula is C11H11ClN4O. The molecule has 0 saturated heterocycles. The monoisotopic (exact) mass is 250 g/mol. The first-order valence-corrected chi connectivity index (χ1v) is 5.98. The van der Waals surface area contributed by atoms with Gasteiger partial charge in [0.1, 0.15) is 5.75 Å². The van der Waals surface area contributed by atoms with Gasteiger partial charge in [-0.25, -0.2) is 4.68 Å². The normalized spacial score (nSPS) is 18.5. The molecule has 0 N–H and O–H groups in total. The molecule has 1 aliphatic rings. The van der Waals surface area contributed by atoms with Crippen molar-refractivity contribution < 1.29 is 4.74 Å². The van der Waals surface area contributed by atoms with Crippen LogP contribution in [0.15, 0.2) is 24.3 Å². The molecule has 1 unspecified atom stereocenters. The lowest BCUT2D eigenvalue weighted by molar-refractivity contribution is 0.247. The lowest BCUT2D eigenvalue weighted by Gasteiger charge is -2.25. The van der Waals surface area contributed by atoms with Crippen molar-refractivity contribution in [3.63, 3.8) is 0 Å². The second kappa shape index (κ2) is 4.33. The molecule has 17 heavy (non-hydrogen) atoms. The average molecular weight is 251 g/mol. The van der Waals surface area contributed by atoms with E-state index >= 15 is 0 Å². The second-order valence-corrected chi connectivity index (χ2v) is 4.13. The third-order valence-corrected chi connectivity index (χ3v) is 3.14. The van der Waals surface area contributed by atoms with Gasteiger partial charge >= 0.3 is 0 Å². The molecule has 1 atom stereocenters. The minimum absolute atomic E-state index is 0.115. The fraction of sp³-hybridized carbons (Fsp3) is 0.364. The van der Waals surface area contributed by atoms with Crippen LogP contribution in [-0.4, -0.2) is 26.8 Å². The molecule has 1 aromatic carbocycles. The molecule has 0 fully saturated rings. The molecule has 2 heterocycles. The number of nitrogens with zero attached hydrogens (tertiary/aromatic N) is 4. The lowest BCUT2D eigenvalue weighted by Crippen LogP contribution is -2.22. The van der Waals surface area contributed by atoms with Crippen molar-refractivity contribution in [3.8, 4) is 5.75 Å². The van der Waals surface area contributed by atoms with Gasteiger partial charge < -0.3 is 4.74 Å². The SMILES string of the molecule is ClCc1nnnn1C1CCOc2ccccc21. The Morgan fingerprint density at radius 2 is 2.29 bits per heavy atom. The fourth-order valence-electron chi connectivity index (χ4n) is 2.12. The number of alkyl halides is 1. The van der Waals surface area contributed by atoms with Crippen LogP contribution >= 0.6 is 11.6 Å². The van der Waals surface area contributed by atoms with Crippen molar-refractivity contribution in [2.45, 2.75) is 18.3 Å². The number of tetrazole rings is 1. The van der Waals surface area contributed by atoms with E-state index < -0.39 is 0 Å². The predicted octanol–water partition coefficient (Wildman–Crippen LogP) is 1.78. The van der Waals surface area contributed by atoms with Crippen LogP contribution in [0.3, 0.4) is 0 Å². The van der Waals surface area contributed by atoms with Crippen molar-refractivity contribution >= 4 is 11.6 Å². The molecular weight excluding hydrogens is 240 g/mol. The number of para-hydroxylation sites is 1. The Labute approximate surface area is 103 Å². The fourth-order valence-corrected chi connectivity index (χ4v) is 2.30. The molecule has 0 radical (unpaired) electrons. The summed E-state index contributed by atoms with van der Waals surface area (Å²) in [6.07, 6.45) is 0.853. The molecule has 0 bridgehead atoms. The zero-order valence-electron chi connectivity index (χ0n) is 9.08. The van der Waals surface area contributed by atoms with Gasteiger partial charge in [-0.2, -0.15) is 0 Å². The molecule has 2 aromatic rings. The van der Waals surface area contributed by atoms with Gasteiger partial charge in [0, 0.05) is 12.0 Å². The van der Waals surface area contributed by atoms with Crippen LogP contribution < -0.4 is 4.74 Å². The summed E-state index contributed by atoms with van der Waals surface area (Å²) in [5.41, 5.74) is 1.11. The highest BCUT2D eigenvalue weighted by Crippen LogP contribution is 2.34. The van der Waals surface area contributed by atoms with E-state index in [-0.39, 0.29) is 6.04 Å². The maximum absolute atomic E-state index is 5.83. The third kappa shape index (κ3) is 1.76. The van der Waals surface area contributed by atoms with Gasteiger partial charge in [0.05, 0.1) is 18.5 Å². The number of rotatable bonds is 2. The first kappa shape index (κ1) is 10.5. The number of aromatic nitrogens is 4. The quantitative estimate of drug-likeness (QED) is 0.763. The van der Waals surface area contributed by atoms with Gasteiger partial charge in [0.15, 0.2) is 5.82 Å². The van der Waals surface area contributed by atoms with Crippen molar-refractivity contribution in [2.75, 3.05) is 6.61 Å². The largest absolute Gasteiger partial charge is 0.493 e. The highest BCUT2D eigenvalue weighted by Gasteiger charge is 2.25. The minimum atomic E-state index is 0.115. The number of ether oxygens (including phenoxy) is 1. The van der Waals surface area contributed by atoms with E-state index in [0.717, 1.165) is 17.7 Å². The zero-order valence-corrected chi connectivity index (χ0v) is 9.84. The first-order chi connectivity index (χ1) is 8.40. The summed E-state index contributed by atoms with van der Waals surface area (Å²) in [5, 5.41) is 11.6. The van der Waals surface area contributed by atoms with Gasteiger partial charge in [0.2, 0.25) is 0 Å². The van der Waals surface area contributed by atoms with E-state index in [1.54, 1.807) is 4.68 Å². The Hall–Kier alpha value is -1.62. The van der Waals surface area contributed by atoms with Gasteiger partial charge in [-0.15, -0.1) is 16.7 Å². The molecule has 6 heteroatoms. The van der Waals surface area contributed by atoms with Gasteiger partial charge in [-0.05, 0) is 16.5 Å². The number of hydrogen-bond donors (Lipinski definition) is 0. The number of fused-ring (bicyclic) bond motifs is 1. The Morgan fingerprint density at radius 3 is 3.18 bits per heavy atom. The summed E-state index contributed by atoms with van der Waals surface area (Å²) in [7, 11) is 0. The van der Waals surface area contributed by atoms with Crippen molar-refractivity contribution in [1.82, 2.24) is 20.2 Å².